The minimum atomic E-state index is -1.69. The van der Waals surface area contributed by atoms with Crippen LogP contribution in [0.1, 0.15) is 22.5 Å². The van der Waals surface area contributed by atoms with Crippen LogP contribution in [0.4, 0.5) is 0 Å². The molecule has 0 aliphatic carbocycles. The fourth-order valence-electron chi connectivity index (χ4n) is 3.06. The molecule has 1 saturated heterocycles. The quantitative estimate of drug-likeness (QED) is 0.622. The number of rotatable bonds is 2. The van der Waals surface area contributed by atoms with Crippen LogP contribution in [0.15, 0.2) is 36.8 Å². The molecule has 1 aliphatic rings. The van der Waals surface area contributed by atoms with Gasteiger partial charge in [-0.05, 0) is 18.2 Å². The molecule has 1 aliphatic heterocycles. The fraction of sp³-hybridized carbons (Fsp3) is 0.211. The largest absolute Gasteiger partial charge is 0.476 e. The Balaban J connectivity index is 1.76. The molecular weight excluding hydrogens is 362 g/mol. The molecule has 140 valence electrons. The number of hydrogen-bond donors (Lipinski definition) is 2. The Morgan fingerprint density at radius 2 is 2.18 bits per heavy atom. The van der Waals surface area contributed by atoms with Gasteiger partial charge in [-0.1, -0.05) is 17.9 Å². The summed E-state index contributed by atoms with van der Waals surface area (Å²) in [6.45, 7) is 0.445. The summed E-state index contributed by atoms with van der Waals surface area (Å²) >= 11 is 0. The van der Waals surface area contributed by atoms with Crippen LogP contribution in [0.5, 0.6) is 0 Å². The van der Waals surface area contributed by atoms with E-state index in [1.165, 1.54) is 22.1 Å². The van der Waals surface area contributed by atoms with Gasteiger partial charge in [0.05, 0.1) is 11.1 Å². The molecule has 4 rings (SSSR count). The van der Waals surface area contributed by atoms with Crippen LogP contribution < -0.4 is 0 Å². The fourth-order valence-corrected chi connectivity index (χ4v) is 3.06. The van der Waals surface area contributed by atoms with Crippen molar-refractivity contribution in [2.24, 2.45) is 0 Å². The number of likely N-dealkylation sites (N-methyl/N-ethyl adjacent to an activating group) is 1. The van der Waals surface area contributed by atoms with Crippen molar-refractivity contribution in [1.29, 1.82) is 0 Å². The van der Waals surface area contributed by atoms with Crippen molar-refractivity contribution in [1.82, 2.24) is 24.6 Å². The number of hydrogen-bond acceptors (Lipinski definition) is 6. The number of aliphatic hydroxyl groups is 1. The van der Waals surface area contributed by atoms with E-state index in [0.29, 0.717) is 28.8 Å². The highest BCUT2D eigenvalue weighted by Crippen LogP contribution is 2.22. The summed E-state index contributed by atoms with van der Waals surface area (Å²) in [6.07, 6.45) is 2.96. The third kappa shape index (κ3) is 2.86. The second-order valence-corrected chi connectivity index (χ2v) is 6.46. The molecule has 0 bridgehead atoms. The Morgan fingerprint density at radius 1 is 1.36 bits per heavy atom. The molecule has 2 N–H and O–H groups in total. The zero-order chi connectivity index (χ0) is 19.9. The summed E-state index contributed by atoms with van der Waals surface area (Å²) in [5.41, 5.74) is -0.398. The zero-order valence-corrected chi connectivity index (χ0v) is 14.8. The van der Waals surface area contributed by atoms with Crippen LogP contribution in [-0.4, -0.2) is 65.9 Å². The van der Waals surface area contributed by atoms with E-state index in [0.717, 1.165) is 0 Å². The van der Waals surface area contributed by atoms with Crippen LogP contribution in [0.3, 0.4) is 0 Å². The number of amides is 1. The first-order valence-electron chi connectivity index (χ1n) is 8.43. The van der Waals surface area contributed by atoms with Crippen molar-refractivity contribution < 1.29 is 19.8 Å². The maximum atomic E-state index is 12.0. The average molecular weight is 377 g/mol. The van der Waals surface area contributed by atoms with Crippen LogP contribution in [-0.2, 0) is 4.79 Å². The Bertz CT molecular complexity index is 1180. The van der Waals surface area contributed by atoms with Gasteiger partial charge in [0.25, 0.3) is 5.91 Å². The third-order valence-corrected chi connectivity index (χ3v) is 4.56. The number of carboxylic acid groups (broad SMARTS) is 1. The molecule has 3 aromatic rings. The van der Waals surface area contributed by atoms with Gasteiger partial charge in [0.2, 0.25) is 5.60 Å². The monoisotopic (exact) mass is 377 g/mol. The van der Waals surface area contributed by atoms with Gasteiger partial charge in [-0.25, -0.2) is 19.4 Å². The molecule has 1 atom stereocenters. The van der Waals surface area contributed by atoms with Gasteiger partial charge < -0.3 is 15.1 Å². The van der Waals surface area contributed by atoms with E-state index in [2.05, 4.69) is 26.9 Å². The standard InChI is InChI=1S/C19H15N5O4/c1-23-8-7-19(28,18(23)27)6-5-12-3-2-4-13(9-12)24-16-14(10-20-11-21-16)15(22-24)17(25)26/h2-4,9-11,28H,7-8H2,1H3,(H,25,26)/t19-/m0/s1. The molecule has 1 amide bonds. The molecular formula is C19H15N5O4. The summed E-state index contributed by atoms with van der Waals surface area (Å²) in [6, 6.07) is 6.86. The van der Waals surface area contributed by atoms with E-state index in [1.54, 1.807) is 31.3 Å². The van der Waals surface area contributed by atoms with Crippen LogP contribution in [0.25, 0.3) is 16.7 Å². The minimum Gasteiger partial charge on any atom is -0.476 e. The normalized spacial score (nSPS) is 18.9. The highest BCUT2D eigenvalue weighted by atomic mass is 16.4. The zero-order valence-electron chi connectivity index (χ0n) is 14.8. The minimum absolute atomic E-state index is 0.152. The highest BCUT2D eigenvalue weighted by Gasteiger charge is 2.42. The summed E-state index contributed by atoms with van der Waals surface area (Å²) in [5, 5.41) is 24.2. The molecule has 1 aromatic carbocycles. The van der Waals surface area contributed by atoms with Gasteiger partial charge in [-0.2, -0.15) is 5.10 Å². The number of carboxylic acids is 1. The smallest absolute Gasteiger partial charge is 0.357 e. The molecule has 0 saturated carbocycles. The molecule has 0 spiro atoms. The van der Waals surface area contributed by atoms with Crippen LogP contribution >= 0.6 is 0 Å². The molecule has 9 heteroatoms. The second-order valence-electron chi connectivity index (χ2n) is 6.46. The topological polar surface area (TPSA) is 121 Å². The van der Waals surface area contributed by atoms with Crippen LogP contribution in [0, 0.1) is 11.8 Å². The number of fused-ring (bicyclic) bond motifs is 1. The molecule has 0 unspecified atom stereocenters. The Hall–Kier alpha value is -3.77. The predicted molar refractivity (Wildman–Crippen MR) is 97.7 cm³/mol. The third-order valence-electron chi connectivity index (χ3n) is 4.56. The Morgan fingerprint density at radius 3 is 2.89 bits per heavy atom. The number of benzene rings is 1. The van der Waals surface area contributed by atoms with Gasteiger partial charge in [-0.15, -0.1) is 0 Å². The Labute approximate surface area is 159 Å². The molecule has 3 heterocycles. The van der Waals surface area contributed by atoms with E-state index < -0.39 is 17.5 Å². The summed E-state index contributed by atoms with van der Waals surface area (Å²) in [5.74, 6) is 3.89. The number of nitrogens with zero attached hydrogens (tertiary/aromatic N) is 5. The SMILES string of the molecule is CN1CC[C@@](O)(C#Cc2cccc(-n3nc(C(=O)O)c4cncnc43)c2)C1=O. The molecule has 2 aromatic heterocycles. The van der Waals surface area contributed by atoms with Gasteiger partial charge in [-0.3, -0.25) is 4.79 Å². The first-order valence-corrected chi connectivity index (χ1v) is 8.43. The highest BCUT2D eigenvalue weighted by molar-refractivity contribution is 6.00. The Kier molecular flexibility index (Phi) is 4.05. The molecule has 1 fully saturated rings. The lowest BCUT2D eigenvalue weighted by Crippen LogP contribution is -2.37. The van der Waals surface area contributed by atoms with E-state index in [-0.39, 0.29) is 12.1 Å². The lowest BCUT2D eigenvalue weighted by atomic mass is 10.0. The van der Waals surface area contributed by atoms with Crippen molar-refractivity contribution in [3.8, 4) is 17.5 Å². The van der Waals surface area contributed by atoms with Gasteiger partial charge in [0.1, 0.15) is 6.33 Å². The summed E-state index contributed by atoms with van der Waals surface area (Å²) in [7, 11) is 1.62. The summed E-state index contributed by atoms with van der Waals surface area (Å²) in [4.78, 5) is 32.9. The number of likely N-dealkylation sites (tertiary alicyclic amines) is 1. The number of carbonyl (C=O) groups is 2. The maximum Gasteiger partial charge on any atom is 0.357 e. The van der Waals surface area contributed by atoms with E-state index in [9.17, 15) is 19.8 Å². The van der Waals surface area contributed by atoms with Crippen LogP contribution in [0.2, 0.25) is 0 Å². The molecule has 28 heavy (non-hydrogen) atoms. The van der Waals surface area contributed by atoms with Crippen molar-refractivity contribution in [3.63, 3.8) is 0 Å². The molecule has 9 nitrogen and oxygen atoms in total. The van der Waals surface area contributed by atoms with E-state index in [4.69, 9.17) is 0 Å². The number of aromatic nitrogens is 4. The van der Waals surface area contributed by atoms with Crippen molar-refractivity contribution in [2.45, 2.75) is 12.0 Å². The first-order chi connectivity index (χ1) is 13.4. The predicted octanol–water partition coefficient (Wildman–Crippen LogP) is 0.458. The first kappa shape index (κ1) is 17.6. The van der Waals surface area contributed by atoms with E-state index >= 15 is 0 Å². The molecule has 0 radical (unpaired) electrons. The number of carbonyl (C=O) groups excluding carboxylic acids is 1. The lowest BCUT2D eigenvalue weighted by molar-refractivity contribution is -0.137. The number of aromatic carboxylic acids is 1. The maximum absolute atomic E-state index is 12.0. The van der Waals surface area contributed by atoms with Crippen molar-refractivity contribution in [3.05, 3.63) is 48.0 Å². The van der Waals surface area contributed by atoms with Gasteiger partial charge in [0, 0.05) is 31.8 Å². The van der Waals surface area contributed by atoms with E-state index in [1.807, 2.05) is 0 Å². The summed E-state index contributed by atoms with van der Waals surface area (Å²) < 4.78 is 1.40. The van der Waals surface area contributed by atoms with Gasteiger partial charge >= 0.3 is 5.97 Å². The lowest BCUT2D eigenvalue weighted by Gasteiger charge is -2.13. The van der Waals surface area contributed by atoms with Crippen molar-refractivity contribution >= 4 is 22.9 Å². The average Bonchev–Trinajstić information content (AvgIpc) is 3.21. The van der Waals surface area contributed by atoms with Crippen molar-refractivity contribution in [2.75, 3.05) is 13.6 Å². The second kappa shape index (κ2) is 6.44. The van der Waals surface area contributed by atoms with Gasteiger partial charge in [0.15, 0.2) is 11.3 Å².